The molecule has 0 radical (unpaired) electrons. The molecule has 0 saturated carbocycles. The van der Waals surface area contributed by atoms with Gasteiger partial charge in [-0.25, -0.2) is 0 Å². The maximum atomic E-state index is 11.6. The van der Waals surface area contributed by atoms with Crippen LogP contribution in [-0.4, -0.2) is 17.2 Å². The van der Waals surface area contributed by atoms with Gasteiger partial charge in [0, 0.05) is 5.02 Å². The second-order valence-corrected chi connectivity index (χ2v) is 4.88. The predicted molar refractivity (Wildman–Crippen MR) is 62.1 cm³/mol. The summed E-state index contributed by atoms with van der Waals surface area (Å²) in [5.41, 5.74) is 0.883. The zero-order valence-electron chi connectivity index (χ0n) is 8.35. The van der Waals surface area contributed by atoms with E-state index in [0.717, 1.165) is 12.1 Å². The van der Waals surface area contributed by atoms with E-state index in [1.165, 1.54) is 0 Å². The molecule has 15 heavy (non-hydrogen) atoms. The smallest absolute Gasteiger partial charge is 0.246 e. The van der Waals surface area contributed by atoms with Gasteiger partial charge in [-0.1, -0.05) is 18.5 Å². The number of benzene rings is 1. The first kappa shape index (κ1) is 11.1. The highest BCUT2D eigenvalue weighted by molar-refractivity contribution is 7.88. The lowest BCUT2D eigenvalue weighted by molar-refractivity contribution is 0.243. The van der Waals surface area contributed by atoms with Crippen molar-refractivity contribution in [3.05, 3.63) is 29.3 Å². The number of rotatable bonds is 2. The highest BCUT2D eigenvalue weighted by Crippen LogP contribution is 2.27. The molecule has 1 fully saturated rings. The summed E-state index contributed by atoms with van der Waals surface area (Å²) < 4.78 is 18.6. The van der Waals surface area contributed by atoms with Crippen LogP contribution < -0.4 is 4.31 Å². The number of anilines is 1. The van der Waals surface area contributed by atoms with E-state index >= 15 is 0 Å². The monoisotopic (exact) mass is 245 g/mol. The molecule has 0 bridgehead atoms. The normalized spacial score (nSPS) is 25.9. The van der Waals surface area contributed by atoms with Crippen LogP contribution in [0, 0.1) is 0 Å². The maximum absolute atomic E-state index is 11.6. The van der Waals surface area contributed by atoms with E-state index < -0.39 is 11.6 Å². The van der Waals surface area contributed by atoms with Gasteiger partial charge in [-0.05, 0) is 30.7 Å². The SMILES string of the molecule is CC[C@@H]1CN(c2ccc(Cl)cc2)[S+]([O-])O1. The summed E-state index contributed by atoms with van der Waals surface area (Å²) in [5.74, 6) is 0. The van der Waals surface area contributed by atoms with Crippen molar-refractivity contribution in [2.24, 2.45) is 0 Å². The minimum absolute atomic E-state index is 0.0570. The summed E-state index contributed by atoms with van der Waals surface area (Å²) in [6, 6.07) is 7.27. The van der Waals surface area contributed by atoms with Gasteiger partial charge in [-0.2, -0.15) is 4.31 Å². The van der Waals surface area contributed by atoms with Gasteiger partial charge in [-0.15, -0.1) is 4.18 Å². The molecule has 82 valence electrons. The molecule has 1 aliphatic rings. The molecular formula is C10H12ClNO2S. The summed E-state index contributed by atoms with van der Waals surface area (Å²) >= 11 is 4.43. The van der Waals surface area contributed by atoms with Crippen molar-refractivity contribution in [1.29, 1.82) is 0 Å². The molecule has 0 amide bonds. The number of nitrogens with zero attached hydrogens (tertiary/aromatic N) is 1. The zero-order valence-corrected chi connectivity index (χ0v) is 9.92. The minimum Gasteiger partial charge on any atom is -0.560 e. The summed E-state index contributed by atoms with van der Waals surface area (Å²) in [5, 5.41) is 0.677. The van der Waals surface area contributed by atoms with Crippen LogP contribution in [0.2, 0.25) is 5.02 Å². The number of hydrogen-bond acceptors (Lipinski definition) is 3. The molecule has 0 spiro atoms. The van der Waals surface area contributed by atoms with E-state index in [1.54, 1.807) is 16.4 Å². The molecule has 1 heterocycles. The van der Waals surface area contributed by atoms with Crippen molar-refractivity contribution in [3.8, 4) is 0 Å². The first-order chi connectivity index (χ1) is 7.20. The summed E-state index contributed by atoms with van der Waals surface area (Å²) in [6.45, 7) is 2.69. The van der Waals surface area contributed by atoms with Crippen molar-refractivity contribution in [2.45, 2.75) is 19.4 Å². The van der Waals surface area contributed by atoms with E-state index in [4.69, 9.17) is 15.8 Å². The molecular weight excluding hydrogens is 234 g/mol. The molecule has 2 rings (SSSR count). The Hall–Kier alpha value is -0.420. The van der Waals surface area contributed by atoms with Gasteiger partial charge >= 0.3 is 0 Å². The molecule has 1 saturated heterocycles. The average Bonchev–Trinajstić information content (AvgIpc) is 2.61. The van der Waals surface area contributed by atoms with Gasteiger partial charge in [0.05, 0.1) is 5.69 Å². The Kier molecular flexibility index (Phi) is 3.41. The van der Waals surface area contributed by atoms with Crippen LogP contribution in [0.1, 0.15) is 13.3 Å². The topological polar surface area (TPSA) is 35.5 Å². The van der Waals surface area contributed by atoms with Crippen LogP contribution in [0.25, 0.3) is 0 Å². The molecule has 1 aromatic rings. The Balaban J connectivity index is 2.14. The van der Waals surface area contributed by atoms with Gasteiger partial charge in [0.25, 0.3) is 0 Å². The van der Waals surface area contributed by atoms with E-state index in [-0.39, 0.29) is 6.10 Å². The van der Waals surface area contributed by atoms with Gasteiger partial charge in [0.1, 0.15) is 12.6 Å². The summed E-state index contributed by atoms with van der Waals surface area (Å²) in [7, 11) is 0. The Morgan fingerprint density at radius 2 is 2.20 bits per heavy atom. The van der Waals surface area contributed by atoms with Crippen molar-refractivity contribution in [2.75, 3.05) is 10.8 Å². The fourth-order valence-corrected chi connectivity index (χ4v) is 2.68. The van der Waals surface area contributed by atoms with Crippen LogP contribution >= 0.6 is 11.6 Å². The zero-order chi connectivity index (χ0) is 10.8. The molecule has 1 aromatic carbocycles. The largest absolute Gasteiger partial charge is 0.560 e. The quantitative estimate of drug-likeness (QED) is 0.752. The van der Waals surface area contributed by atoms with Crippen LogP contribution in [-0.2, 0) is 15.8 Å². The van der Waals surface area contributed by atoms with E-state index in [1.807, 2.05) is 19.1 Å². The van der Waals surface area contributed by atoms with Gasteiger partial charge in [0.15, 0.2) is 0 Å². The minimum atomic E-state index is -1.36. The molecule has 0 N–H and O–H groups in total. The van der Waals surface area contributed by atoms with Crippen molar-refractivity contribution >= 4 is 28.9 Å². The summed E-state index contributed by atoms with van der Waals surface area (Å²) in [4.78, 5) is 0. The Labute approximate surface area is 97.5 Å². The third-order valence-corrected chi connectivity index (χ3v) is 3.75. The Bertz CT molecular complexity index is 333. The van der Waals surface area contributed by atoms with Gasteiger partial charge in [-0.3, -0.25) is 0 Å². The molecule has 2 atom stereocenters. The van der Waals surface area contributed by atoms with Crippen LogP contribution in [0.4, 0.5) is 5.69 Å². The maximum Gasteiger partial charge on any atom is 0.246 e. The molecule has 0 aliphatic carbocycles. The Morgan fingerprint density at radius 1 is 1.53 bits per heavy atom. The van der Waals surface area contributed by atoms with E-state index in [9.17, 15) is 4.55 Å². The second kappa shape index (κ2) is 4.61. The van der Waals surface area contributed by atoms with E-state index in [0.29, 0.717) is 11.6 Å². The molecule has 1 unspecified atom stereocenters. The predicted octanol–water partition coefficient (Wildman–Crippen LogP) is 2.53. The Morgan fingerprint density at radius 3 is 2.73 bits per heavy atom. The lowest BCUT2D eigenvalue weighted by atomic mass is 10.2. The molecule has 0 aromatic heterocycles. The highest BCUT2D eigenvalue weighted by Gasteiger charge is 2.36. The van der Waals surface area contributed by atoms with Crippen molar-refractivity contribution < 1.29 is 8.74 Å². The van der Waals surface area contributed by atoms with Gasteiger partial charge in [0.2, 0.25) is 11.6 Å². The van der Waals surface area contributed by atoms with Crippen LogP contribution in [0.15, 0.2) is 24.3 Å². The molecule has 3 nitrogen and oxygen atoms in total. The van der Waals surface area contributed by atoms with Crippen LogP contribution in [0.5, 0.6) is 0 Å². The lowest BCUT2D eigenvalue weighted by Gasteiger charge is -2.14. The lowest BCUT2D eigenvalue weighted by Crippen LogP contribution is -2.25. The highest BCUT2D eigenvalue weighted by atomic mass is 35.5. The third kappa shape index (κ3) is 2.39. The first-order valence-electron chi connectivity index (χ1n) is 4.83. The average molecular weight is 246 g/mol. The third-order valence-electron chi connectivity index (χ3n) is 2.34. The standard InChI is InChI=1S/C10H12ClNO2S/c1-2-10-7-12(15(13)14-10)9-5-3-8(11)4-6-9/h3-6,10H,2,7H2,1H3/t10-,15?/m1/s1. The second-order valence-electron chi connectivity index (χ2n) is 3.38. The molecule has 5 heteroatoms. The number of hydrogen-bond donors (Lipinski definition) is 0. The van der Waals surface area contributed by atoms with E-state index in [2.05, 4.69) is 0 Å². The molecule has 1 aliphatic heterocycles. The van der Waals surface area contributed by atoms with Crippen molar-refractivity contribution in [3.63, 3.8) is 0 Å². The fraction of sp³-hybridized carbons (Fsp3) is 0.400. The summed E-state index contributed by atoms with van der Waals surface area (Å²) in [6.07, 6.45) is 0.928. The number of halogens is 1. The first-order valence-corrected chi connectivity index (χ1v) is 6.24. The van der Waals surface area contributed by atoms with Gasteiger partial charge < -0.3 is 4.55 Å². The van der Waals surface area contributed by atoms with Crippen LogP contribution in [0.3, 0.4) is 0 Å². The fourth-order valence-electron chi connectivity index (χ4n) is 1.44. The van der Waals surface area contributed by atoms with Crippen molar-refractivity contribution in [1.82, 2.24) is 0 Å².